The number of nitrogens with two attached hydrogens (primary N) is 1. The van der Waals surface area contributed by atoms with E-state index in [0.717, 1.165) is 10.0 Å². The Labute approximate surface area is 110 Å². The van der Waals surface area contributed by atoms with Gasteiger partial charge in [-0.25, -0.2) is 4.98 Å². The Bertz CT molecular complexity index is 510. The molecule has 0 aliphatic heterocycles. The molecule has 92 valence electrons. The van der Waals surface area contributed by atoms with Gasteiger partial charge in [0.2, 0.25) is 0 Å². The van der Waals surface area contributed by atoms with Crippen LogP contribution in [0.5, 0.6) is 0 Å². The molecule has 0 fully saturated rings. The second-order valence-corrected chi connectivity index (χ2v) is 6.47. The van der Waals surface area contributed by atoms with Crippen LogP contribution in [0.15, 0.2) is 24.7 Å². The molecular weight excluding hydrogens is 254 g/mol. The van der Waals surface area contributed by atoms with Gasteiger partial charge in [-0.3, -0.25) is 0 Å². The van der Waals surface area contributed by atoms with Gasteiger partial charge in [0, 0.05) is 4.88 Å². The summed E-state index contributed by atoms with van der Waals surface area (Å²) in [5.41, 5.74) is 6.77. The van der Waals surface area contributed by atoms with Gasteiger partial charge in [0.25, 0.3) is 0 Å². The molecule has 2 N–H and O–H groups in total. The van der Waals surface area contributed by atoms with Gasteiger partial charge in [-0.2, -0.15) is 0 Å². The van der Waals surface area contributed by atoms with Crippen LogP contribution in [-0.2, 0) is 5.54 Å². The number of hydrogen-bond donors (Lipinski definition) is 1. The first-order valence-corrected chi connectivity index (χ1v) is 6.65. The molecule has 2 heterocycles. The van der Waals surface area contributed by atoms with Crippen molar-refractivity contribution in [3.05, 3.63) is 39.6 Å². The molecule has 5 heteroatoms. The third-order valence-corrected chi connectivity index (χ3v) is 4.15. The fourth-order valence-electron chi connectivity index (χ4n) is 1.80. The van der Waals surface area contributed by atoms with Crippen LogP contribution in [0.1, 0.15) is 37.4 Å². The number of hydrogen-bond acceptors (Lipinski definition) is 3. The quantitative estimate of drug-likeness (QED) is 0.928. The molecule has 0 aromatic carbocycles. The summed E-state index contributed by atoms with van der Waals surface area (Å²) in [5.74, 6) is 0. The molecule has 0 amide bonds. The molecule has 2 rings (SSSR count). The number of imidazole rings is 1. The van der Waals surface area contributed by atoms with Crippen molar-refractivity contribution >= 4 is 22.9 Å². The van der Waals surface area contributed by atoms with Crippen molar-refractivity contribution in [3.63, 3.8) is 0 Å². The van der Waals surface area contributed by atoms with Gasteiger partial charge in [0.15, 0.2) is 0 Å². The molecule has 2 aromatic rings. The lowest BCUT2D eigenvalue weighted by molar-refractivity contribution is 0.479. The summed E-state index contributed by atoms with van der Waals surface area (Å²) >= 11 is 7.55. The second kappa shape index (κ2) is 4.44. The minimum Gasteiger partial charge on any atom is -0.325 e. The van der Waals surface area contributed by atoms with Crippen LogP contribution in [0.4, 0.5) is 0 Å². The first-order valence-electron chi connectivity index (χ1n) is 5.46. The molecule has 0 spiro atoms. The van der Waals surface area contributed by atoms with Gasteiger partial charge in [0.1, 0.15) is 0 Å². The van der Waals surface area contributed by atoms with Gasteiger partial charge < -0.3 is 10.3 Å². The molecule has 0 bridgehead atoms. The van der Waals surface area contributed by atoms with Crippen LogP contribution >= 0.6 is 22.9 Å². The van der Waals surface area contributed by atoms with Crippen LogP contribution in [0, 0.1) is 0 Å². The zero-order chi connectivity index (χ0) is 12.6. The summed E-state index contributed by atoms with van der Waals surface area (Å²) in [4.78, 5) is 5.40. The topological polar surface area (TPSA) is 43.8 Å². The number of nitrogens with zero attached hydrogens (tertiary/aromatic N) is 2. The van der Waals surface area contributed by atoms with Gasteiger partial charge in [0.05, 0.1) is 34.1 Å². The van der Waals surface area contributed by atoms with E-state index in [2.05, 4.69) is 16.5 Å². The van der Waals surface area contributed by atoms with Gasteiger partial charge in [-0.1, -0.05) is 11.6 Å². The average Bonchev–Trinajstić information content (AvgIpc) is 2.83. The Morgan fingerprint density at radius 1 is 1.47 bits per heavy atom. The normalized spacial score (nSPS) is 13.9. The summed E-state index contributed by atoms with van der Waals surface area (Å²) in [6.07, 6.45) is 3.65. The largest absolute Gasteiger partial charge is 0.325 e. The van der Waals surface area contributed by atoms with Crippen LogP contribution in [0.2, 0.25) is 4.34 Å². The zero-order valence-corrected chi connectivity index (χ0v) is 11.7. The highest BCUT2D eigenvalue weighted by molar-refractivity contribution is 7.16. The Morgan fingerprint density at radius 3 is 2.71 bits per heavy atom. The van der Waals surface area contributed by atoms with E-state index in [1.165, 1.54) is 4.88 Å². The molecule has 3 nitrogen and oxygen atoms in total. The van der Waals surface area contributed by atoms with Gasteiger partial charge in [-0.05, 0) is 32.9 Å². The molecule has 2 aromatic heterocycles. The highest BCUT2D eigenvalue weighted by atomic mass is 35.5. The molecule has 1 unspecified atom stereocenters. The van der Waals surface area contributed by atoms with E-state index in [4.69, 9.17) is 17.3 Å². The van der Waals surface area contributed by atoms with Crippen molar-refractivity contribution in [2.24, 2.45) is 5.73 Å². The Balaban J connectivity index is 2.38. The highest BCUT2D eigenvalue weighted by Gasteiger charge is 2.22. The molecule has 0 saturated carbocycles. The Hall–Kier alpha value is -0.840. The third kappa shape index (κ3) is 2.54. The Kier molecular flexibility index (Phi) is 3.30. The first-order chi connectivity index (χ1) is 7.89. The van der Waals surface area contributed by atoms with E-state index in [1.807, 2.05) is 38.5 Å². The van der Waals surface area contributed by atoms with Crippen LogP contribution in [0.3, 0.4) is 0 Å². The standard InChI is InChI=1S/C12H16ClN3S/c1-8(9-4-5-11(13)17-9)16-7-15-6-10(16)12(2,3)14/h4-8H,14H2,1-3H3. The molecular formula is C12H16ClN3S. The maximum atomic E-state index is 6.14. The number of aromatic nitrogens is 2. The van der Waals surface area contributed by atoms with Crippen LogP contribution in [-0.4, -0.2) is 9.55 Å². The number of thiophene rings is 1. The summed E-state index contributed by atoms with van der Waals surface area (Å²) in [5, 5.41) is 0. The predicted octanol–water partition coefficient (Wildman–Crippen LogP) is 3.40. The van der Waals surface area contributed by atoms with Crippen molar-refractivity contribution in [2.45, 2.75) is 32.4 Å². The summed E-state index contributed by atoms with van der Waals surface area (Å²) in [7, 11) is 0. The van der Waals surface area contributed by atoms with E-state index in [0.29, 0.717) is 0 Å². The smallest absolute Gasteiger partial charge is 0.0954 e. The fraction of sp³-hybridized carbons (Fsp3) is 0.417. The van der Waals surface area contributed by atoms with E-state index in [9.17, 15) is 0 Å². The van der Waals surface area contributed by atoms with Crippen LogP contribution < -0.4 is 5.73 Å². The monoisotopic (exact) mass is 269 g/mol. The van der Waals surface area contributed by atoms with Crippen molar-refractivity contribution < 1.29 is 0 Å². The lowest BCUT2D eigenvalue weighted by atomic mass is 10.0. The minimum atomic E-state index is -0.397. The zero-order valence-electron chi connectivity index (χ0n) is 10.1. The molecule has 1 atom stereocenters. The lowest BCUT2D eigenvalue weighted by Gasteiger charge is -2.24. The molecule has 0 radical (unpaired) electrons. The fourth-order valence-corrected chi connectivity index (χ4v) is 2.91. The highest BCUT2D eigenvalue weighted by Crippen LogP contribution is 2.31. The first kappa shape index (κ1) is 12.6. The maximum Gasteiger partial charge on any atom is 0.0954 e. The third-order valence-electron chi connectivity index (χ3n) is 2.75. The van der Waals surface area contributed by atoms with Crippen LogP contribution in [0.25, 0.3) is 0 Å². The molecule has 0 aliphatic rings. The van der Waals surface area contributed by atoms with E-state index in [1.54, 1.807) is 11.3 Å². The minimum absolute atomic E-state index is 0.202. The summed E-state index contributed by atoms with van der Waals surface area (Å²) in [6.45, 7) is 6.09. The number of rotatable bonds is 3. The van der Waals surface area contributed by atoms with Crippen molar-refractivity contribution in [1.29, 1.82) is 0 Å². The summed E-state index contributed by atoms with van der Waals surface area (Å²) < 4.78 is 2.91. The maximum absolute atomic E-state index is 6.14. The molecule has 0 aliphatic carbocycles. The predicted molar refractivity (Wildman–Crippen MR) is 72.6 cm³/mol. The SMILES string of the molecule is CC(c1ccc(Cl)s1)n1cncc1C(C)(C)N. The number of halogens is 1. The van der Waals surface area contributed by atoms with E-state index in [-0.39, 0.29) is 6.04 Å². The van der Waals surface area contributed by atoms with Gasteiger partial charge in [-0.15, -0.1) is 11.3 Å². The second-order valence-electron chi connectivity index (χ2n) is 4.73. The van der Waals surface area contributed by atoms with Crippen molar-refractivity contribution in [2.75, 3.05) is 0 Å². The summed E-state index contributed by atoms with van der Waals surface area (Å²) in [6, 6.07) is 4.17. The van der Waals surface area contributed by atoms with Gasteiger partial charge >= 0.3 is 0 Å². The molecule has 0 saturated heterocycles. The van der Waals surface area contributed by atoms with E-state index < -0.39 is 5.54 Å². The molecule has 17 heavy (non-hydrogen) atoms. The lowest BCUT2D eigenvalue weighted by Crippen LogP contribution is -2.32. The Morgan fingerprint density at radius 2 is 2.18 bits per heavy atom. The van der Waals surface area contributed by atoms with E-state index >= 15 is 0 Å². The van der Waals surface area contributed by atoms with Crippen molar-refractivity contribution in [1.82, 2.24) is 9.55 Å². The van der Waals surface area contributed by atoms with Crippen molar-refractivity contribution in [3.8, 4) is 0 Å². The average molecular weight is 270 g/mol.